The average molecular weight is 698 g/mol. The van der Waals surface area contributed by atoms with Gasteiger partial charge in [-0.15, -0.1) is 0 Å². The molecular formula is C35H40BrClN3O3S+. The van der Waals surface area contributed by atoms with Crippen LogP contribution in [0.5, 0.6) is 0 Å². The standard InChI is InChI=1S/C35H39BrClN3O3S/c1-7-9-19-40-29-15-11-23-10-14-26(44(41,42)43)21-27(23)32(29)35(5,6)31(40)17-13-24(36)12-16-30-34(3,4)28-20-25(37)22-39(18-8-2)33(28)38-30/h10-17,20-22H,7-9,18-19H2,1-6H3/p+1. The Bertz CT molecular complexity index is 1860. The molecule has 2 aromatic rings. The fraction of sp³-hybridized carbons (Fsp3) is 0.371. The highest BCUT2D eigenvalue weighted by Gasteiger charge is 2.45. The maximum Gasteiger partial charge on any atom is 0.294 e. The summed E-state index contributed by atoms with van der Waals surface area (Å²) >= 11 is 10.2. The molecule has 3 aliphatic heterocycles. The van der Waals surface area contributed by atoms with Gasteiger partial charge in [-0.3, -0.25) is 4.55 Å². The van der Waals surface area contributed by atoms with E-state index in [2.05, 4.69) is 91.2 Å². The Morgan fingerprint density at radius 3 is 2.52 bits per heavy atom. The molecule has 0 spiro atoms. The number of rotatable bonds is 9. The Labute approximate surface area is 274 Å². The molecule has 5 rings (SSSR count). The van der Waals surface area contributed by atoms with Crippen LogP contribution in [0.2, 0.25) is 0 Å². The van der Waals surface area contributed by atoms with E-state index >= 15 is 0 Å². The van der Waals surface area contributed by atoms with Gasteiger partial charge in [0.05, 0.1) is 21.0 Å². The van der Waals surface area contributed by atoms with Gasteiger partial charge in [0.25, 0.3) is 10.1 Å². The van der Waals surface area contributed by atoms with Crippen LogP contribution in [-0.2, 0) is 15.5 Å². The fourth-order valence-electron chi connectivity index (χ4n) is 6.39. The summed E-state index contributed by atoms with van der Waals surface area (Å²) in [6.07, 6.45) is 15.3. The third-order valence-electron chi connectivity index (χ3n) is 8.73. The van der Waals surface area contributed by atoms with Gasteiger partial charge in [-0.1, -0.05) is 67.7 Å². The lowest BCUT2D eigenvalue weighted by atomic mass is 9.79. The zero-order valence-corrected chi connectivity index (χ0v) is 29.3. The van der Waals surface area contributed by atoms with Crippen LogP contribution in [0.15, 0.2) is 97.6 Å². The molecule has 3 heterocycles. The lowest BCUT2D eigenvalue weighted by Crippen LogP contribution is -2.32. The maximum atomic E-state index is 12.0. The molecule has 0 saturated carbocycles. The van der Waals surface area contributed by atoms with Crippen LogP contribution in [-0.4, -0.2) is 47.1 Å². The number of hydrogen-bond donors (Lipinski definition) is 1. The molecule has 9 heteroatoms. The number of hydrogen-bond acceptors (Lipinski definition) is 4. The second-order valence-corrected chi connectivity index (χ2v) is 15.4. The summed E-state index contributed by atoms with van der Waals surface area (Å²) in [5.41, 5.74) is 4.64. The maximum absolute atomic E-state index is 12.0. The summed E-state index contributed by atoms with van der Waals surface area (Å²) in [6.45, 7) is 14.7. The minimum Gasteiger partial charge on any atom is -0.331 e. The Hall–Kier alpha value is -2.78. The monoisotopic (exact) mass is 696 g/mol. The van der Waals surface area contributed by atoms with Crippen LogP contribution in [0.4, 0.5) is 5.69 Å². The van der Waals surface area contributed by atoms with Crippen molar-refractivity contribution < 1.29 is 17.5 Å². The van der Waals surface area contributed by atoms with Crippen molar-refractivity contribution in [2.45, 2.75) is 71.1 Å². The Morgan fingerprint density at radius 1 is 1.11 bits per heavy atom. The van der Waals surface area contributed by atoms with Crippen LogP contribution in [0.25, 0.3) is 10.8 Å². The van der Waals surface area contributed by atoms with Gasteiger partial charge in [0.15, 0.2) is 5.71 Å². The zero-order chi connectivity index (χ0) is 32.0. The first-order valence-electron chi connectivity index (χ1n) is 15.1. The molecular weight excluding hydrogens is 658 g/mol. The lowest BCUT2D eigenvalue weighted by Gasteiger charge is -2.29. The van der Waals surface area contributed by atoms with E-state index in [0.29, 0.717) is 5.03 Å². The highest BCUT2D eigenvalue weighted by molar-refractivity contribution is 9.11. The van der Waals surface area contributed by atoms with E-state index in [4.69, 9.17) is 16.6 Å². The third kappa shape index (κ3) is 5.94. The van der Waals surface area contributed by atoms with Crippen LogP contribution < -0.4 is 0 Å². The summed E-state index contributed by atoms with van der Waals surface area (Å²) in [5, 5.41) is 2.48. The summed E-state index contributed by atoms with van der Waals surface area (Å²) in [7, 11) is -4.33. The SMILES string of the molecule is CCCC[N+]1=C(/C=C/C(Br)=C/C=C2/N=C3C(=CC(Cl)=CN3CCC)C2(C)C)C(C)(C)c2c1ccc1ccc(S(=O)(=O)O)cc21. The smallest absolute Gasteiger partial charge is 0.294 e. The third-order valence-corrected chi connectivity index (χ3v) is 10.3. The van der Waals surface area contributed by atoms with Crippen LogP contribution >= 0.6 is 27.5 Å². The van der Waals surface area contributed by atoms with Gasteiger partial charge in [-0.2, -0.15) is 13.0 Å². The quantitative estimate of drug-likeness (QED) is 0.161. The van der Waals surface area contributed by atoms with Crippen molar-refractivity contribution in [3.63, 3.8) is 0 Å². The molecule has 0 atom stereocenters. The van der Waals surface area contributed by atoms with Crippen molar-refractivity contribution in [3.05, 3.63) is 93.3 Å². The highest BCUT2D eigenvalue weighted by Crippen LogP contribution is 2.46. The highest BCUT2D eigenvalue weighted by atomic mass is 79.9. The molecule has 1 N–H and O–H groups in total. The van der Waals surface area contributed by atoms with E-state index < -0.39 is 15.5 Å². The normalized spacial score (nSPS) is 20.4. The second-order valence-electron chi connectivity index (χ2n) is 12.6. The largest absolute Gasteiger partial charge is 0.331 e. The molecule has 3 aliphatic rings. The van der Waals surface area contributed by atoms with Crippen LogP contribution in [0.1, 0.15) is 66.4 Å². The summed E-state index contributed by atoms with van der Waals surface area (Å²) in [6, 6.07) is 8.96. The fourth-order valence-corrected chi connectivity index (χ4v) is 7.39. The second kappa shape index (κ2) is 12.2. The predicted molar refractivity (Wildman–Crippen MR) is 186 cm³/mol. The number of amidine groups is 1. The molecule has 44 heavy (non-hydrogen) atoms. The first-order valence-corrected chi connectivity index (χ1v) is 17.7. The number of fused-ring (bicyclic) bond motifs is 4. The van der Waals surface area contributed by atoms with E-state index in [9.17, 15) is 13.0 Å². The Balaban J connectivity index is 1.52. The molecule has 0 saturated heterocycles. The van der Waals surface area contributed by atoms with Gasteiger partial charge in [0.1, 0.15) is 12.4 Å². The van der Waals surface area contributed by atoms with E-state index in [-0.39, 0.29) is 10.3 Å². The van der Waals surface area contributed by atoms with Crippen molar-refractivity contribution in [1.82, 2.24) is 4.90 Å². The van der Waals surface area contributed by atoms with Gasteiger partial charge in [-0.05, 0) is 73.5 Å². The number of unbranched alkanes of at least 4 members (excludes halogenated alkanes) is 1. The minimum absolute atomic E-state index is 0.0955. The van der Waals surface area contributed by atoms with Crippen LogP contribution in [0.3, 0.4) is 0 Å². The molecule has 0 amide bonds. The van der Waals surface area contributed by atoms with Gasteiger partial charge in [0.2, 0.25) is 5.69 Å². The number of halogens is 2. The van der Waals surface area contributed by atoms with E-state index in [1.807, 2.05) is 24.4 Å². The van der Waals surface area contributed by atoms with Crippen molar-refractivity contribution >= 4 is 65.7 Å². The van der Waals surface area contributed by atoms with E-state index in [0.717, 1.165) is 81.7 Å². The summed E-state index contributed by atoms with van der Waals surface area (Å²) in [5.74, 6) is 0.963. The molecule has 2 aromatic carbocycles. The first-order chi connectivity index (χ1) is 20.7. The predicted octanol–water partition coefficient (Wildman–Crippen LogP) is 9.15. The van der Waals surface area contributed by atoms with E-state index in [1.54, 1.807) is 12.1 Å². The minimum atomic E-state index is -4.33. The molecule has 0 bridgehead atoms. The Morgan fingerprint density at radius 2 is 1.84 bits per heavy atom. The van der Waals surface area contributed by atoms with Crippen LogP contribution in [0, 0.1) is 5.41 Å². The van der Waals surface area contributed by atoms with Gasteiger partial charge >= 0.3 is 0 Å². The Kier molecular flexibility index (Phi) is 9.04. The molecule has 6 nitrogen and oxygen atoms in total. The average Bonchev–Trinajstić information content (AvgIpc) is 3.34. The summed E-state index contributed by atoms with van der Waals surface area (Å²) < 4.78 is 37.0. The molecule has 0 unspecified atom stereocenters. The molecule has 0 aliphatic carbocycles. The lowest BCUT2D eigenvalue weighted by molar-refractivity contribution is -0.438. The van der Waals surface area contributed by atoms with Gasteiger partial charge in [-0.25, -0.2) is 4.99 Å². The molecule has 0 fully saturated rings. The van der Waals surface area contributed by atoms with Gasteiger partial charge in [0, 0.05) is 52.3 Å². The van der Waals surface area contributed by atoms with Gasteiger partial charge < -0.3 is 4.90 Å². The molecule has 0 aromatic heterocycles. The number of nitrogens with zero attached hydrogens (tertiary/aromatic N) is 3. The van der Waals surface area contributed by atoms with Crippen molar-refractivity contribution in [2.75, 3.05) is 13.1 Å². The topological polar surface area (TPSA) is 73.0 Å². The zero-order valence-electron chi connectivity index (χ0n) is 26.2. The number of aliphatic imine (C=N–C) groups is 1. The van der Waals surface area contributed by atoms with Crippen molar-refractivity contribution in [1.29, 1.82) is 0 Å². The molecule has 0 radical (unpaired) electrons. The van der Waals surface area contributed by atoms with Crippen molar-refractivity contribution in [2.24, 2.45) is 10.4 Å². The number of allylic oxidation sites excluding steroid dienone is 8. The van der Waals surface area contributed by atoms with E-state index in [1.165, 1.54) is 6.07 Å². The number of benzene rings is 2. The van der Waals surface area contributed by atoms with Crippen molar-refractivity contribution in [3.8, 4) is 0 Å². The summed E-state index contributed by atoms with van der Waals surface area (Å²) in [4.78, 5) is 7.07. The molecule has 232 valence electrons. The first kappa shape index (κ1) is 32.6.